The van der Waals surface area contributed by atoms with Gasteiger partial charge in [-0.3, -0.25) is 0 Å². The predicted octanol–water partition coefficient (Wildman–Crippen LogP) is 3.52. The largest absolute Gasteiger partial charge is 0.339 e. The lowest BCUT2D eigenvalue weighted by Crippen LogP contribution is -2.29. The van der Waals surface area contributed by atoms with Crippen molar-refractivity contribution >= 4 is 10.0 Å². The Balaban J connectivity index is 1.58. The first-order chi connectivity index (χ1) is 12.8. The lowest BCUT2D eigenvalue weighted by Gasteiger charge is -2.09. The number of aromatic nitrogens is 2. The van der Waals surface area contributed by atoms with Gasteiger partial charge in [0.15, 0.2) is 0 Å². The van der Waals surface area contributed by atoms with E-state index < -0.39 is 10.0 Å². The summed E-state index contributed by atoms with van der Waals surface area (Å²) in [6.07, 6.45) is 0. The molecule has 0 aliphatic heterocycles. The van der Waals surface area contributed by atoms with Crippen LogP contribution in [0.25, 0.3) is 11.4 Å². The second kappa shape index (κ2) is 6.28. The predicted molar refractivity (Wildman–Crippen MR) is 102 cm³/mol. The monoisotopic (exact) mass is 383 g/mol. The zero-order valence-electron chi connectivity index (χ0n) is 15.4. The summed E-state index contributed by atoms with van der Waals surface area (Å²) in [5.74, 6) is 0.798. The van der Waals surface area contributed by atoms with E-state index in [-0.39, 0.29) is 17.4 Å². The van der Waals surface area contributed by atoms with Gasteiger partial charge in [0, 0.05) is 11.6 Å². The third-order valence-electron chi connectivity index (χ3n) is 5.23. The molecule has 1 fully saturated rings. The molecule has 1 heterocycles. The molecule has 1 aromatic heterocycles. The van der Waals surface area contributed by atoms with Crippen molar-refractivity contribution in [2.45, 2.75) is 37.6 Å². The summed E-state index contributed by atoms with van der Waals surface area (Å²) in [5.41, 5.74) is 1.27. The normalized spacial score (nSPS) is 21.1. The SMILES string of the molecule is Cc1ccccc1S(=O)(=O)NC1C(c2nc(-c3ccccc3)no2)C1(C)C. The average Bonchev–Trinajstić information content (AvgIpc) is 2.99. The van der Waals surface area contributed by atoms with Crippen LogP contribution < -0.4 is 4.72 Å². The van der Waals surface area contributed by atoms with Crippen LogP contribution in [0.4, 0.5) is 0 Å². The van der Waals surface area contributed by atoms with Crippen molar-refractivity contribution in [3.63, 3.8) is 0 Å². The van der Waals surface area contributed by atoms with Crippen molar-refractivity contribution in [1.82, 2.24) is 14.9 Å². The highest BCUT2D eigenvalue weighted by Gasteiger charge is 2.63. The first-order valence-electron chi connectivity index (χ1n) is 8.78. The maximum atomic E-state index is 12.8. The fourth-order valence-electron chi connectivity index (χ4n) is 3.47. The summed E-state index contributed by atoms with van der Waals surface area (Å²) in [7, 11) is -3.62. The number of rotatable bonds is 5. The fraction of sp³-hybridized carbons (Fsp3) is 0.300. The van der Waals surface area contributed by atoms with E-state index in [9.17, 15) is 8.42 Å². The summed E-state index contributed by atoms with van der Waals surface area (Å²) < 4.78 is 33.9. The molecule has 140 valence electrons. The zero-order valence-corrected chi connectivity index (χ0v) is 16.2. The molecule has 0 amide bonds. The third kappa shape index (κ3) is 3.17. The van der Waals surface area contributed by atoms with Crippen molar-refractivity contribution < 1.29 is 12.9 Å². The van der Waals surface area contributed by atoms with E-state index in [1.54, 1.807) is 25.1 Å². The molecule has 4 rings (SSSR count). The van der Waals surface area contributed by atoms with Crippen LogP contribution in [0.3, 0.4) is 0 Å². The highest BCUT2D eigenvalue weighted by molar-refractivity contribution is 7.89. The van der Waals surface area contributed by atoms with Crippen molar-refractivity contribution in [3.8, 4) is 11.4 Å². The zero-order chi connectivity index (χ0) is 19.2. The molecule has 0 bridgehead atoms. The van der Waals surface area contributed by atoms with Gasteiger partial charge < -0.3 is 4.52 Å². The van der Waals surface area contributed by atoms with Gasteiger partial charge in [0.2, 0.25) is 21.7 Å². The number of nitrogens with one attached hydrogen (secondary N) is 1. The van der Waals surface area contributed by atoms with Gasteiger partial charge in [-0.1, -0.05) is 67.5 Å². The molecular formula is C20H21N3O3S. The second-order valence-electron chi connectivity index (χ2n) is 7.49. The van der Waals surface area contributed by atoms with Gasteiger partial charge in [-0.05, 0) is 24.0 Å². The highest BCUT2D eigenvalue weighted by Crippen LogP contribution is 2.58. The van der Waals surface area contributed by atoms with E-state index in [1.807, 2.05) is 50.2 Å². The van der Waals surface area contributed by atoms with Crippen LogP contribution in [0.5, 0.6) is 0 Å². The Bertz CT molecular complexity index is 1070. The van der Waals surface area contributed by atoms with Crippen molar-refractivity contribution in [1.29, 1.82) is 0 Å². The van der Waals surface area contributed by atoms with Crippen molar-refractivity contribution in [2.24, 2.45) is 5.41 Å². The average molecular weight is 383 g/mol. The Kier molecular flexibility index (Phi) is 4.16. The summed E-state index contributed by atoms with van der Waals surface area (Å²) in [6, 6.07) is 16.2. The molecule has 6 nitrogen and oxygen atoms in total. The molecule has 1 N–H and O–H groups in total. The number of nitrogens with zero attached hydrogens (tertiary/aromatic N) is 2. The van der Waals surface area contributed by atoms with Gasteiger partial charge in [-0.25, -0.2) is 13.1 Å². The Morgan fingerprint density at radius 1 is 1.04 bits per heavy atom. The molecule has 27 heavy (non-hydrogen) atoms. The van der Waals surface area contributed by atoms with Gasteiger partial charge in [-0.15, -0.1) is 0 Å². The first kappa shape index (κ1) is 17.9. The van der Waals surface area contributed by atoms with Crippen molar-refractivity contribution in [3.05, 3.63) is 66.1 Å². The Labute approximate surface area is 158 Å². The topological polar surface area (TPSA) is 85.1 Å². The molecule has 2 atom stereocenters. The number of hydrogen-bond acceptors (Lipinski definition) is 5. The number of hydrogen-bond donors (Lipinski definition) is 1. The lowest BCUT2D eigenvalue weighted by molar-refractivity contribution is 0.368. The number of aryl methyl sites for hydroxylation is 1. The summed E-state index contributed by atoms with van der Waals surface area (Å²) in [4.78, 5) is 4.79. The third-order valence-corrected chi connectivity index (χ3v) is 6.83. The lowest BCUT2D eigenvalue weighted by atomic mass is 10.1. The van der Waals surface area contributed by atoms with Gasteiger partial charge >= 0.3 is 0 Å². The minimum absolute atomic E-state index is 0.166. The highest BCUT2D eigenvalue weighted by atomic mass is 32.2. The minimum Gasteiger partial charge on any atom is -0.339 e. The van der Waals surface area contributed by atoms with E-state index in [0.29, 0.717) is 22.2 Å². The molecule has 0 saturated heterocycles. The van der Waals surface area contributed by atoms with Crippen molar-refractivity contribution in [2.75, 3.05) is 0 Å². The molecule has 7 heteroatoms. The van der Waals surface area contributed by atoms with Gasteiger partial charge in [0.05, 0.1) is 10.8 Å². The molecule has 1 aliphatic carbocycles. The summed E-state index contributed by atoms with van der Waals surface area (Å²) in [5, 5.41) is 4.05. The van der Waals surface area contributed by atoms with Crippen LogP contribution in [0.2, 0.25) is 0 Å². The van der Waals surface area contributed by atoms with Crippen LogP contribution >= 0.6 is 0 Å². The molecule has 2 unspecified atom stereocenters. The van der Waals surface area contributed by atoms with Crippen LogP contribution in [0.1, 0.15) is 31.2 Å². The smallest absolute Gasteiger partial charge is 0.241 e. The van der Waals surface area contributed by atoms with E-state index in [1.165, 1.54) is 0 Å². The van der Waals surface area contributed by atoms with E-state index >= 15 is 0 Å². The maximum absolute atomic E-state index is 12.8. The molecular weight excluding hydrogens is 362 g/mol. The van der Waals surface area contributed by atoms with Crippen LogP contribution in [-0.2, 0) is 10.0 Å². The standard InChI is InChI=1S/C20H21N3O3S/c1-13-9-7-8-12-15(13)27(24,25)23-17-16(20(17,2)3)19-21-18(22-26-19)14-10-5-4-6-11-14/h4-12,16-17,23H,1-3H3. The molecule has 2 aromatic carbocycles. The maximum Gasteiger partial charge on any atom is 0.241 e. The molecule has 0 radical (unpaired) electrons. The van der Waals surface area contributed by atoms with Gasteiger partial charge in [0.1, 0.15) is 0 Å². The van der Waals surface area contributed by atoms with Crippen LogP contribution in [0.15, 0.2) is 64.0 Å². The van der Waals surface area contributed by atoms with E-state index in [2.05, 4.69) is 14.9 Å². The minimum atomic E-state index is -3.62. The quantitative estimate of drug-likeness (QED) is 0.729. The Hall–Kier alpha value is -2.51. The van der Waals surface area contributed by atoms with E-state index in [0.717, 1.165) is 5.56 Å². The number of sulfonamides is 1. The number of benzene rings is 2. The Morgan fingerprint density at radius 2 is 1.70 bits per heavy atom. The molecule has 1 saturated carbocycles. The summed E-state index contributed by atoms with van der Waals surface area (Å²) >= 11 is 0. The molecule has 1 aliphatic rings. The molecule has 0 spiro atoms. The summed E-state index contributed by atoms with van der Waals surface area (Å²) in [6.45, 7) is 5.78. The van der Waals surface area contributed by atoms with Gasteiger partial charge in [-0.2, -0.15) is 4.98 Å². The second-order valence-corrected chi connectivity index (χ2v) is 9.17. The fourth-order valence-corrected chi connectivity index (χ4v) is 5.12. The Morgan fingerprint density at radius 3 is 2.41 bits per heavy atom. The van der Waals surface area contributed by atoms with Crippen LogP contribution in [-0.4, -0.2) is 24.6 Å². The molecule has 3 aromatic rings. The van der Waals surface area contributed by atoms with Gasteiger partial charge in [0.25, 0.3) is 0 Å². The first-order valence-corrected chi connectivity index (χ1v) is 10.3. The van der Waals surface area contributed by atoms with Crippen LogP contribution in [0, 0.1) is 12.3 Å². The van der Waals surface area contributed by atoms with E-state index in [4.69, 9.17) is 4.52 Å².